The third kappa shape index (κ3) is 2.70. The van der Waals surface area contributed by atoms with Gasteiger partial charge < -0.3 is 10.2 Å². The Labute approximate surface area is 108 Å². The number of piperidine rings is 1. The van der Waals surface area contributed by atoms with Crippen molar-refractivity contribution in [2.75, 3.05) is 13.1 Å². The van der Waals surface area contributed by atoms with Crippen molar-refractivity contribution in [3.05, 3.63) is 30.1 Å². The number of aromatic nitrogens is 1. The van der Waals surface area contributed by atoms with E-state index in [2.05, 4.69) is 17.2 Å². The molecule has 0 saturated carbocycles. The van der Waals surface area contributed by atoms with Crippen molar-refractivity contribution in [2.45, 2.75) is 38.8 Å². The van der Waals surface area contributed by atoms with Crippen molar-refractivity contribution >= 4 is 5.91 Å². The molecule has 0 aliphatic carbocycles. The molecule has 0 spiro atoms. The summed E-state index contributed by atoms with van der Waals surface area (Å²) in [6.07, 6.45) is 5.61. The molecule has 4 nitrogen and oxygen atoms in total. The molecule has 1 fully saturated rings. The first-order chi connectivity index (χ1) is 8.74. The van der Waals surface area contributed by atoms with Gasteiger partial charge in [0.05, 0.1) is 12.1 Å². The number of hydrogen-bond donors (Lipinski definition) is 1. The lowest BCUT2D eigenvalue weighted by Crippen LogP contribution is -2.51. The first-order valence-corrected chi connectivity index (χ1v) is 6.67. The van der Waals surface area contributed by atoms with Gasteiger partial charge >= 0.3 is 0 Å². The molecule has 1 saturated heterocycles. The Balaban J connectivity index is 2.10. The first kappa shape index (κ1) is 13.0. The van der Waals surface area contributed by atoms with Gasteiger partial charge in [-0.1, -0.05) is 13.0 Å². The molecule has 1 aromatic heterocycles. The van der Waals surface area contributed by atoms with E-state index in [0.717, 1.165) is 31.5 Å². The van der Waals surface area contributed by atoms with Gasteiger partial charge in [0, 0.05) is 18.9 Å². The van der Waals surface area contributed by atoms with Crippen molar-refractivity contribution in [1.29, 1.82) is 0 Å². The largest absolute Gasteiger partial charge is 0.335 e. The molecule has 2 heterocycles. The smallest absolute Gasteiger partial charge is 0.240 e. The van der Waals surface area contributed by atoms with Gasteiger partial charge in [0.1, 0.15) is 0 Å². The Kier molecular flexibility index (Phi) is 4.31. The normalized spacial score (nSPS) is 22.0. The molecule has 1 aliphatic rings. The second-order valence-electron chi connectivity index (χ2n) is 4.75. The van der Waals surface area contributed by atoms with E-state index < -0.39 is 0 Å². The summed E-state index contributed by atoms with van der Waals surface area (Å²) in [6.45, 7) is 5.79. The van der Waals surface area contributed by atoms with Crippen molar-refractivity contribution in [3.8, 4) is 0 Å². The second kappa shape index (κ2) is 5.96. The fraction of sp³-hybridized carbons (Fsp3) is 0.571. The van der Waals surface area contributed by atoms with Crippen molar-refractivity contribution < 1.29 is 4.79 Å². The van der Waals surface area contributed by atoms with Crippen LogP contribution in [0, 0.1) is 0 Å². The lowest BCUT2D eigenvalue weighted by atomic mass is 10.0. The molecule has 0 aromatic carbocycles. The minimum atomic E-state index is -0.0112. The number of likely N-dealkylation sites (tertiary alicyclic amines) is 1. The van der Waals surface area contributed by atoms with Crippen LogP contribution in [-0.2, 0) is 4.79 Å². The number of hydrogen-bond acceptors (Lipinski definition) is 3. The minimum Gasteiger partial charge on any atom is -0.335 e. The average molecular weight is 247 g/mol. The zero-order valence-corrected chi connectivity index (χ0v) is 11.1. The summed E-state index contributed by atoms with van der Waals surface area (Å²) in [7, 11) is 0. The van der Waals surface area contributed by atoms with E-state index in [1.165, 1.54) is 0 Å². The maximum absolute atomic E-state index is 12.4. The lowest BCUT2D eigenvalue weighted by Gasteiger charge is -2.36. The highest BCUT2D eigenvalue weighted by Gasteiger charge is 2.31. The number of nitrogens with one attached hydrogen (secondary N) is 1. The van der Waals surface area contributed by atoms with E-state index in [9.17, 15) is 4.79 Å². The molecule has 0 bridgehead atoms. The van der Waals surface area contributed by atoms with E-state index in [1.807, 2.05) is 30.2 Å². The van der Waals surface area contributed by atoms with Gasteiger partial charge in [-0.15, -0.1) is 0 Å². The molecular weight excluding hydrogens is 226 g/mol. The molecule has 1 aromatic rings. The first-order valence-electron chi connectivity index (χ1n) is 6.67. The van der Waals surface area contributed by atoms with Crippen molar-refractivity contribution in [2.24, 2.45) is 0 Å². The Hall–Kier alpha value is -1.42. The van der Waals surface area contributed by atoms with Crippen LogP contribution in [0.4, 0.5) is 0 Å². The molecule has 18 heavy (non-hydrogen) atoms. The third-order valence-corrected chi connectivity index (χ3v) is 3.56. The quantitative estimate of drug-likeness (QED) is 0.881. The Bertz CT molecular complexity index is 391. The maximum atomic E-state index is 12.4. The second-order valence-corrected chi connectivity index (χ2v) is 4.75. The highest BCUT2D eigenvalue weighted by molar-refractivity contribution is 5.83. The van der Waals surface area contributed by atoms with Crippen LogP contribution in [0.15, 0.2) is 24.5 Å². The molecule has 1 aliphatic heterocycles. The van der Waals surface area contributed by atoms with Gasteiger partial charge in [0.15, 0.2) is 0 Å². The summed E-state index contributed by atoms with van der Waals surface area (Å²) in [5.41, 5.74) is 1.10. The molecule has 1 N–H and O–H groups in total. The molecule has 2 unspecified atom stereocenters. The van der Waals surface area contributed by atoms with Crippen LogP contribution < -0.4 is 5.32 Å². The number of nitrogens with zero attached hydrogens (tertiary/aromatic N) is 2. The maximum Gasteiger partial charge on any atom is 0.240 e. The molecule has 1 amide bonds. The Morgan fingerprint density at radius 2 is 2.44 bits per heavy atom. The number of amides is 1. The van der Waals surface area contributed by atoms with Gasteiger partial charge in [0.25, 0.3) is 0 Å². The predicted molar refractivity (Wildman–Crippen MR) is 71.1 cm³/mol. The zero-order valence-electron chi connectivity index (χ0n) is 11.1. The van der Waals surface area contributed by atoms with E-state index in [-0.39, 0.29) is 18.0 Å². The summed E-state index contributed by atoms with van der Waals surface area (Å²) >= 11 is 0. The van der Waals surface area contributed by atoms with Crippen LogP contribution >= 0.6 is 0 Å². The summed E-state index contributed by atoms with van der Waals surface area (Å²) < 4.78 is 0. The van der Waals surface area contributed by atoms with Gasteiger partial charge in [-0.05, 0) is 37.9 Å². The summed E-state index contributed by atoms with van der Waals surface area (Å²) in [5, 5.41) is 3.26. The van der Waals surface area contributed by atoms with E-state index in [1.54, 1.807) is 6.20 Å². The molecule has 4 heteroatoms. The fourth-order valence-corrected chi connectivity index (χ4v) is 2.52. The van der Waals surface area contributed by atoms with E-state index in [4.69, 9.17) is 0 Å². The minimum absolute atomic E-state index is 0.0112. The van der Waals surface area contributed by atoms with Gasteiger partial charge in [-0.3, -0.25) is 9.78 Å². The van der Waals surface area contributed by atoms with Gasteiger partial charge in [-0.25, -0.2) is 0 Å². The van der Waals surface area contributed by atoms with Gasteiger partial charge in [-0.2, -0.15) is 0 Å². The highest BCUT2D eigenvalue weighted by Crippen LogP contribution is 2.24. The molecule has 2 atom stereocenters. The number of rotatable bonds is 4. The van der Waals surface area contributed by atoms with Crippen molar-refractivity contribution in [3.63, 3.8) is 0 Å². The Morgan fingerprint density at radius 1 is 1.61 bits per heavy atom. The third-order valence-electron chi connectivity index (χ3n) is 3.56. The molecular formula is C14H21N3O. The molecule has 0 radical (unpaired) electrons. The number of carbonyl (C=O) groups is 1. The van der Waals surface area contributed by atoms with Crippen LogP contribution in [0.2, 0.25) is 0 Å². The standard InChI is InChI=1S/C14H21N3O/c1-3-16-13-7-5-9-17(14(13)18)11(2)12-6-4-8-15-10-12/h4,6,8,10-11,13,16H,3,5,7,9H2,1-2H3. The molecule has 2 rings (SSSR count). The fourth-order valence-electron chi connectivity index (χ4n) is 2.52. The van der Waals surface area contributed by atoms with Crippen molar-refractivity contribution in [1.82, 2.24) is 15.2 Å². The van der Waals surface area contributed by atoms with Crippen LogP contribution in [-0.4, -0.2) is 34.9 Å². The van der Waals surface area contributed by atoms with E-state index in [0.29, 0.717) is 0 Å². The predicted octanol–water partition coefficient (Wildman–Crippen LogP) is 1.74. The van der Waals surface area contributed by atoms with Crippen LogP contribution in [0.25, 0.3) is 0 Å². The van der Waals surface area contributed by atoms with Crippen LogP contribution in [0.3, 0.4) is 0 Å². The number of likely N-dealkylation sites (N-methyl/N-ethyl adjacent to an activating group) is 1. The average Bonchev–Trinajstić information content (AvgIpc) is 2.42. The zero-order chi connectivity index (χ0) is 13.0. The topological polar surface area (TPSA) is 45.2 Å². The monoisotopic (exact) mass is 247 g/mol. The number of carbonyl (C=O) groups excluding carboxylic acids is 1. The molecule has 98 valence electrons. The number of pyridine rings is 1. The van der Waals surface area contributed by atoms with E-state index >= 15 is 0 Å². The summed E-state index contributed by atoms with van der Waals surface area (Å²) in [6, 6.07) is 4.04. The summed E-state index contributed by atoms with van der Waals surface area (Å²) in [5.74, 6) is 0.222. The highest BCUT2D eigenvalue weighted by atomic mass is 16.2. The van der Waals surface area contributed by atoms with Gasteiger partial charge in [0.2, 0.25) is 5.91 Å². The van der Waals surface area contributed by atoms with Crippen LogP contribution in [0.1, 0.15) is 38.3 Å². The SMILES string of the molecule is CCNC1CCCN(C(C)c2cccnc2)C1=O. The Morgan fingerprint density at radius 3 is 3.11 bits per heavy atom. The lowest BCUT2D eigenvalue weighted by molar-refractivity contribution is -0.138. The summed E-state index contributed by atoms with van der Waals surface area (Å²) in [4.78, 5) is 18.5. The van der Waals surface area contributed by atoms with Crippen LogP contribution in [0.5, 0.6) is 0 Å².